The number of Topliss-reactive ketones (excluding diaryl/α,β-unsaturated/α-hetero) is 1. The summed E-state index contributed by atoms with van der Waals surface area (Å²) >= 11 is 0. The van der Waals surface area contributed by atoms with Gasteiger partial charge in [-0.3, -0.25) is 4.79 Å². The van der Waals surface area contributed by atoms with E-state index in [-0.39, 0.29) is 11.8 Å². The molecule has 0 saturated carbocycles. The Balaban J connectivity index is 1.35. The molecule has 188 valence electrons. The van der Waals surface area contributed by atoms with Crippen molar-refractivity contribution in [1.29, 1.82) is 0 Å². The van der Waals surface area contributed by atoms with Crippen molar-refractivity contribution in [3.05, 3.63) is 125 Å². The minimum absolute atomic E-state index is 0.0143. The Morgan fingerprint density at radius 3 is 1.86 bits per heavy atom. The van der Waals surface area contributed by atoms with Crippen LogP contribution in [-0.2, 0) is 19.6 Å². The van der Waals surface area contributed by atoms with Crippen LogP contribution >= 0.6 is 0 Å². The molecule has 6 heteroatoms. The first-order valence-electron chi connectivity index (χ1n) is 12.2. The van der Waals surface area contributed by atoms with Gasteiger partial charge in [-0.05, 0) is 66.4 Å². The summed E-state index contributed by atoms with van der Waals surface area (Å²) < 4.78 is 12.2. The van der Waals surface area contributed by atoms with Crippen molar-refractivity contribution in [1.82, 2.24) is 5.32 Å². The largest absolute Gasteiger partial charge is 0.485 e. The fourth-order valence-corrected chi connectivity index (χ4v) is 3.69. The highest BCUT2D eigenvalue weighted by Gasteiger charge is 2.09. The number of anilines is 1. The number of urea groups is 1. The van der Waals surface area contributed by atoms with E-state index in [1.165, 1.54) is 6.92 Å². The van der Waals surface area contributed by atoms with Gasteiger partial charge in [0.1, 0.15) is 13.2 Å². The predicted octanol–water partition coefficient (Wildman–Crippen LogP) is 6.41. The molecule has 0 radical (unpaired) electrons. The Kier molecular flexibility index (Phi) is 8.92. The normalized spacial score (nSPS) is 10.4. The second kappa shape index (κ2) is 12.9. The van der Waals surface area contributed by atoms with E-state index in [0.29, 0.717) is 48.9 Å². The smallest absolute Gasteiger partial charge is 0.319 e. The number of amides is 2. The number of benzene rings is 4. The number of rotatable bonds is 11. The third kappa shape index (κ3) is 7.97. The highest BCUT2D eigenvalue weighted by Crippen LogP contribution is 2.30. The minimum Gasteiger partial charge on any atom is -0.485 e. The van der Waals surface area contributed by atoms with Gasteiger partial charge in [0.25, 0.3) is 0 Å². The second-order valence-electron chi connectivity index (χ2n) is 8.59. The molecule has 0 aliphatic rings. The maximum absolute atomic E-state index is 12.3. The minimum atomic E-state index is -0.307. The van der Waals surface area contributed by atoms with Gasteiger partial charge in [-0.2, -0.15) is 0 Å². The summed E-state index contributed by atoms with van der Waals surface area (Å²) in [5.41, 5.74) is 4.39. The molecule has 2 amide bonds. The quantitative estimate of drug-likeness (QED) is 0.236. The lowest BCUT2D eigenvalue weighted by molar-refractivity contribution is 0.101. The summed E-state index contributed by atoms with van der Waals surface area (Å²) in [6.45, 7) is 2.82. The lowest BCUT2D eigenvalue weighted by Gasteiger charge is -2.15. The van der Waals surface area contributed by atoms with Crippen LogP contribution in [-0.4, -0.2) is 18.4 Å². The number of carbonyl (C=O) groups is 2. The molecule has 6 nitrogen and oxygen atoms in total. The predicted molar refractivity (Wildman–Crippen MR) is 145 cm³/mol. The van der Waals surface area contributed by atoms with Gasteiger partial charge in [-0.15, -0.1) is 0 Å². The zero-order chi connectivity index (χ0) is 25.9. The molecule has 0 fully saturated rings. The fourth-order valence-electron chi connectivity index (χ4n) is 3.69. The van der Waals surface area contributed by atoms with Crippen molar-refractivity contribution in [2.45, 2.75) is 26.6 Å². The molecule has 0 aliphatic heterocycles. The number of ether oxygens (including phenoxy) is 2. The van der Waals surface area contributed by atoms with Gasteiger partial charge in [0, 0.05) is 17.8 Å². The van der Waals surface area contributed by atoms with Crippen LogP contribution < -0.4 is 20.1 Å². The molecule has 0 spiro atoms. The van der Waals surface area contributed by atoms with Crippen molar-refractivity contribution < 1.29 is 19.1 Å². The maximum atomic E-state index is 12.3. The van der Waals surface area contributed by atoms with E-state index in [4.69, 9.17) is 9.47 Å². The monoisotopic (exact) mass is 494 g/mol. The molecule has 0 saturated heterocycles. The van der Waals surface area contributed by atoms with E-state index < -0.39 is 0 Å². The molecule has 0 atom stereocenters. The van der Waals surface area contributed by atoms with Crippen LogP contribution in [0.2, 0.25) is 0 Å². The molecule has 2 N–H and O–H groups in total. The number of hydrogen-bond acceptors (Lipinski definition) is 4. The SMILES string of the molecule is CC(=O)c1ccc(NC(=O)NCCc2ccc(OCc3ccccc3)c(OCc3ccccc3)c2)cc1. The first-order valence-corrected chi connectivity index (χ1v) is 12.2. The van der Waals surface area contributed by atoms with Gasteiger partial charge >= 0.3 is 6.03 Å². The number of hydrogen-bond donors (Lipinski definition) is 2. The van der Waals surface area contributed by atoms with E-state index in [9.17, 15) is 9.59 Å². The maximum Gasteiger partial charge on any atom is 0.319 e. The van der Waals surface area contributed by atoms with E-state index in [1.54, 1.807) is 24.3 Å². The van der Waals surface area contributed by atoms with Crippen molar-refractivity contribution in [2.75, 3.05) is 11.9 Å². The molecule has 37 heavy (non-hydrogen) atoms. The van der Waals surface area contributed by atoms with Gasteiger partial charge in [0.15, 0.2) is 17.3 Å². The third-order valence-corrected chi connectivity index (χ3v) is 5.73. The van der Waals surface area contributed by atoms with Gasteiger partial charge in [-0.1, -0.05) is 66.7 Å². The zero-order valence-corrected chi connectivity index (χ0v) is 20.8. The third-order valence-electron chi connectivity index (χ3n) is 5.73. The first kappa shape index (κ1) is 25.5. The van der Waals surface area contributed by atoms with E-state index in [0.717, 1.165) is 16.7 Å². The average molecular weight is 495 g/mol. The first-order chi connectivity index (χ1) is 18.1. The molecular formula is C31H30N2O4. The Morgan fingerprint density at radius 2 is 1.27 bits per heavy atom. The fraction of sp³-hybridized carbons (Fsp3) is 0.161. The molecule has 0 aliphatic carbocycles. The highest BCUT2D eigenvalue weighted by molar-refractivity contribution is 5.95. The summed E-state index contributed by atoms with van der Waals surface area (Å²) in [6, 6.07) is 32.3. The second-order valence-corrected chi connectivity index (χ2v) is 8.59. The lowest BCUT2D eigenvalue weighted by atomic mass is 10.1. The van der Waals surface area contributed by atoms with Crippen molar-refractivity contribution in [2.24, 2.45) is 0 Å². The Morgan fingerprint density at radius 1 is 0.676 bits per heavy atom. The number of ketones is 1. The van der Waals surface area contributed by atoms with Gasteiger partial charge in [-0.25, -0.2) is 4.79 Å². The Hall–Kier alpha value is -4.58. The van der Waals surface area contributed by atoms with Crippen LogP contribution in [0.4, 0.5) is 10.5 Å². The van der Waals surface area contributed by atoms with Crippen molar-refractivity contribution >= 4 is 17.5 Å². The van der Waals surface area contributed by atoms with Crippen LogP contribution in [0.5, 0.6) is 11.5 Å². The zero-order valence-electron chi connectivity index (χ0n) is 20.8. The molecule has 0 heterocycles. The molecular weight excluding hydrogens is 464 g/mol. The average Bonchev–Trinajstić information content (AvgIpc) is 2.93. The Bertz CT molecular complexity index is 1310. The van der Waals surface area contributed by atoms with Crippen LogP contribution in [0.25, 0.3) is 0 Å². The number of nitrogens with one attached hydrogen (secondary N) is 2. The van der Waals surface area contributed by atoms with Crippen molar-refractivity contribution in [3.63, 3.8) is 0 Å². The van der Waals surface area contributed by atoms with Crippen molar-refractivity contribution in [3.8, 4) is 11.5 Å². The summed E-state index contributed by atoms with van der Waals surface area (Å²) in [4.78, 5) is 23.7. The molecule has 0 bridgehead atoms. The summed E-state index contributed by atoms with van der Waals surface area (Å²) in [6.07, 6.45) is 0.622. The van der Waals surface area contributed by atoms with E-state index in [1.807, 2.05) is 78.9 Å². The summed E-state index contributed by atoms with van der Waals surface area (Å²) in [5, 5.41) is 5.65. The van der Waals surface area contributed by atoms with Gasteiger partial charge < -0.3 is 20.1 Å². The van der Waals surface area contributed by atoms with Gasteiger partial charge in [0.2, 0.25) is 0 Å². The highest BCUT2D eigenvalue weighted by atomic mass is 16.5. The van der Waals surface area contributed by atoms with Crippen LogP contribution in [0.15, 0.2) is 103 Å². The molecule has 4 rings (SSSR count). The summed E-state index contributed by atoms with van der Waals surface area (Å²) in [5.74, 6) is 1.31. The molecule has 0 aromatic heterocycles. The van der Waals surface area contributed by atoms with Crippen LogP contribution in [0.1, 0.15) is 34.0 Å². The van der Waals surface area contributed by atoms with E-state index in [2.05, 4.69) is 10.6 Å². The molecule has 4 aromatic rings. The summed E-state index contributed by atoms with van der Waals surface area (Å²) in [7, 11) is 0. The Labute approximate surface area is 217 Å². The topological polar surface area (TPSA) is 76.7 Å². The van der Waals surface area contributed by atoms with Gasteiger partial charge in [0.05, 0.1) is 0 Å². The van der Waals surface area contributed by atoms with Crippen LogP contribution in [0, 0.1) is 0 Å². The number of carbonyl (C=O) groups excluding carboxylic acids is 2. The standard InChI is InChI=1S/C31H30N2O4/c1-23(34)27-13-15-28(16-14-27)33-31(35)32-19-18-24-12-17-29(36-21-25-8-4-2-5-9-25)30(20-24)37-22-26-10-6-3-7-11-26/h2-17,20H,18-19,21-22H2,1H3,(H2,32,33,35). The van der Waals surface area contributed by atoms with E-state index >= 15 is 0 Å². The molecule has 0 unspecified atom stereocenters. The lowest BCUT2D eigenvalue weighted by Crippen LogP contribution is -2.30. The molecule has 4 aromatic carbocycles. The van der Waals surface area contributed by atoms with Crippen LogP contribution in [0.3, 0.4) is 0 Å².